The van der Waals surface area contributed by atoms with Gasteiger partial charge in [0.1, 0.15) is 5.75 Å². The summed E-state index contributed by atoms with van der Waals surface area (Å²) in [6.07, 6.45) is 7.22. The Morgan fingerprint density at radius 1 is 1.11 bits per heavy atom. The van der Waals surface area contributed by atoms with Gasteiger partial charge in [0.25, 0.3) is 0 Å². The van der Waals surface area contributed by atoms with Crippen LogP contribution in [0.3, 0.4) is 0 Å². The van der Waals surface area contributed by atoms with Crippen molar-refractivity contribution in [3.05, 3.63) is 29.8 Å². The summed E-state index contributed by atoms with van der Waals surface area (Å²) < 4.78 is 5.69. The molecule has 0 aliphatic heterocycles. The van der Waals surface area contributed by atoms with Gasteiger partial charge < -0.3 is 9.84 Å². The van der Waals surface area contributed by atoms with Gasteiger partial charge in [0.15, 0.2) is 0 Å². The molecular formula is C16H26O2. The zero-order valence-corrected chi connectivity index (χ0v) is 11.7. The van der Waals surface area contributed by atoms with Crippen LogP contribution in [0.5, 0.6) is 5.75 Å². The molecule has 2 nitrogen and oxygen atoms in total. The Bertz CT molecular complexity index is 321. The second-order valence-electron chi connectivity index (χ2n) is 4.86. The molecule has 0 spiro atoms. The van der Waals surface area contributed by atoms with Gasteiger partial charge >= 0.3 is 0 Å². The maximum Gasteiger partial charge on any atom is 0.119 e. The molecule has 0 heterocycles. The van der Waals surface area contributed by atoms with E-state index in [1.807, 2.05) is 24.3 Å². The molecular weight excluding hydrogens is 224 g/mol. The number of benzene rings is 1. The molecule has 18 heavy (non-hydrogen) atoms. The van der Waals surface area contributed by atoms with E-state index in [0.717, 1.165) is 24.3 Å². The molecule has 0 fully saturated rings. The number of hydrogen-bond acceptors (Lipinski definition) is 2. The van der Waals surface area contributed by atoms with E-state index in [-0.39, 0.29) is 0 Å². The lowest BCUT2D eigenvalue weighted by Crippen LogP contribution is -1.98. The fourth-order valence-electron chi connectivity index (χ4n) is 1.94. The Hall–Kier alpha value is -1.02. The fourth-order valence-corrected chi connectivity index (χ4v) is 1.94. The normalized spacial score (nSPS) is 12.4. The van der Waals surface area contributed by atoms with Gasteiger partial charge in [-0.1, -0.05) is 51.2 Å². The number of rotatable bonds is 9. The second kappa shape index (κ2) is 8.98. The molecule has 1 rings (SSSR count). The average Bonchev–Trinajstić information content (AvgIpc) is 2.38. The van der Waals surface area contributed by atoms with Crippen LogP contribution >= 0.6 is 0 Å². The number of ether oxygens (including phenoxy) is 1. The van der Waals surface area contributed by atoms with Crippen molar-refractivity contribution >= 4 is 0 Å². The van der Waals surface area contributed by atoms with E-state index in [1.54, 1.807) is 6.92 Å². The van der Waals surface area contributed by atoms with E-state index in [2.05, 4.69) is 6.92 Å². The SMILES string of the molecule is CCCCCCCCOc1cccc(C(C)O)c1. The predicted octanol–water partition coefficient (Wildman–Crippen LogP) is 4.48. The van der Waals surface area contributed by atoms with Crippen molar-refractivity contribution in [1.82, 2.24) is 0 Å². The fraction of sp³-hybridized carbons (Fsp3) is 0.625. The first-order chi connectivity index (χ1) is 8.74. The van der Waals surface area contributed by atoms with Crippen molar-refractivity contribution in [1.29, 1.82) is 0 Å². The summed E-state index contributed by atoms with van der Waals surface area (Å²) in [6.45, 7) is 4.78. The Morgan fingerprint density at radius 3 is 2.56 bits per heavy atom. The third-order valence-corrected chi connectivity index (χ3v) is 3.11. The number of aliphatic hydroxyl groups is 1. The van der Waals surface area contributed by atoms with Gasteiger partial charge in [-0.3, -0.25) is 0 Å². The smallest absolute Gasteiger partial charge is 0.119 e. The van der Waals surface area contributed by atoms with Gasteiger partial charge in [-0.2, -0.15) is 0 Å². The van der Waals surface area contributed by atoms with Crippen LogP contribution in [-0.4, -0.2) is 11.7 Å². The van der Waals surface area contributed by atoms with Crippen LogP contribution in [0.4, 0.5) is 0 Å². The second-order valence-corrected chi connectivity index (χ2v) is 4.86. The molecule has 1 aromatic rings. The molecule has 0 aliphatic rings. The third kappa shape index (κ3) is 6.06. The van der Waals surface area contributed by atoms with Gasteiger partial charge in [0.2, 0.25) is 0 Å². The molecule has 0 saturated carbocycles. The van der Waals surface area contributed by atoms with Crippen LogP contribution in [0.1, 0.15) is 64.0 Å². The van der Waals surface area contributed by atoms with Gasteiger partial charge in [-0.15, -0.1) is 0 Å². The highest BCUT2D eigenvalue weighted by molar-refractivity contribution is 5.29. The molecule has 1 aromatic carbocycles. The first kappa shape index (κ1) is 15.0. The molecule has 0 bridgehead atoms. The Balaban J connectivity index is 2.17. The monoisotopic (exact) mass is 250 g/mol. The Labute approximate surface area is 111 Å². The standard InChI is InChI=1S/C16H26O2/c1-3-4-5-6-7-8-12-18-16-11-9-10-15(13-16)14(2)17/h9-11,13-14,17H,3-8,12H2,1-2H3. The molecule has 0 aliphatic carbocycles. The van der Waals surface area contributed by atoms with Crippen LogP contribution in [0.25, 0.3) is 0 Å². The minimum atomic E-state index is -0.428. The Kier molecular flexibility index (Phi) is 7.51. The quantitative estimate of drug-likeness (QED) is 0.655. The molecule has 0 amide bonds. The van der Waals surface area contributed by atoms with Crippen molar-refractivity contribution < 1.29 is 9.84 Å². The van der Waals surface area contributed by atoms with Gasteiger partial charge in [0, 0.05) is 0 Å². The maximum atomic E-state index is 9.48. The van der Waals surface area contributed by atoms with Crippen LogP contribution < -0.4 is 4.74 Å². The van der Waals surface area contributed by atoms with E-state index >= 15 is 0 Å². The molecule has 1 unspecified atom stereocenters. The highest BCUT2D eigenvalue weighted by Gasteiger charge is 2.01. The predicted molar refractivity (Wildman–Crippen MR) is 75.9 cm³/mol. The lowest BCUT2D eigenvalue weighted by atomic mass is 10.1. The number of aliphatic hydroxyl groups excluding tert-OH is 1. The largest absolute Gasteiger partial charge is 0.494 e. The topological polar surface area (TPSA) is 29.5 Å². The highest BCUT2D eigenvalue weighted by atomic mass is 16.5. The van der Waals surface area contributed by atoms with Crippen LogP contribution in [-0.2, 0) is 0 Å². The molecule has 2 heteroatoms. The van der Waals surface area contributed by atoms with Gasteiger partial charge in [0.05, 0.1) is 12.7 Å². The van der Waals surface area contributed by atoms with Crippen molar-refractivity contribution in [3.8, 4) is 5.75 Å². The molecule has 0 radical (unpaired) electrons. The van der Waals surface area contributed by atoms with Crippen LogP contribution in [0.15, 0.2) is 24.3 Å². The van der Waals surface area contributed by atoms with Gasteiger partial charge in [-0.05, 0) is 31.0 Å². The van der Waals surface area contributed by atoms with E-state index in [1.165, 1.54) is 32.1 Å². The van der Waals surface area contributed by atoms with Crippen LogP contribution in [0.2, 0.25) is 0 Å². The van der Waals surface area contributed by atoms with E-state index in [4.69, 9.17) is 4.74 Å². The molecule has 1 N–H and O–H groups in total. The van der Waals surface area contributed by atoms with Crippen molar-refractivity contribution in [2.24, 2.45) is 0 Å². The van der Waals surface area contributed by atoms with Gasteiger partial charge in [-0.25, -0.2) is 0 Å². The minimum absolute atomic E-state index is 0.428. The zero-order valence-electron chi connectivity index (χ0n) is 11.7. The van der Waals surface area contributed by atoms with E-state index in [0.29, 0.717) is 0 Å². The first-order valence-corrected chi connectivity index (χ1v) is 7.15. The van der Waals surface area contributed by atoms with E-state index < -0.39 is 6.10 Å². The van der Waals surface area contributed by atoms with Crippen LogP contribution in [0, 0.1) is 0 Å². The summed E-state index contributed by atoms with van der Waals surface area (Å²) >= 11 is 0. The highest BCUT2D eigenvalue weighted by Crippen LogP contribution is 2.19. The lowest BCUT2D eigenvalue weighted by molar-refractivity contribution is 0.198. The average molecular weight is 250 g/mol. The van der Waals surface area contributed by atoms with Crippen molar-refractivity contribution in [2.45, 2.75) is 58.5 Å². The van der Waals surface area contributed by atoms with Crippen molar-refractivity contribution in [3.63, 3.8) is 0 Å². The minimum Gasteiger partial charge on any atom is -0.494 e. The third-order valence-electron chi connectivity index (χ3n) is 3.11. The maximum absolute atomic E-state index is 9.48. The molecule has 102 valence electrons. The summed E-state index contributed by atoms with van der Waals surface area (Å²) in [5.74, 6) is 0.863. The summed E-state index contributed by atoms with van der Waals surface area (Å²) in [5, 5.41) is 9.48. The number of unbranched alkanes of at least 4 members (excludes halogenated alkanes) is 5. The molecule has 1 atom stereocenters. The summed E-state index contributed by atoms with van der Waals surface area (Å²) in [5.41, 5.74) is 0.912. The molecule has 0 saturated heterocycles. The molecule has 0 aromatic heterocycles. The zero-order chi connectivity index (χ0) is 13.2. The summed E-state index contributed by atoms with van der Waals surface area (Å²) in [7, 11) is 0. The number of hydrogen-bond donors (Lipinski definition) is 1. The first-order valence-electron chi connectivity index (χ1n) is 7.15. The van der Waals surface area contributed by atoms with E-state index in [9.17, 15) is 5.11 Å². The van der Waals surface area contributed by atoms with Crippen molar-refractivity contribution in [2.75, 3.05) is 6.61 Å². The lowest BCUT2D eigenvalue weighted by Gasteiger charge is -2.09. The summed E-state index contributed by atoms with van der Waals surface area (Å²) in [6, 6.07) is 7.71. The summed E-state index contributed by atoms with van der Waals surface area (Å²) in [4.78, 5) is 0. The Morgan fingerprint density at radius 2 is 1.83 bits per heavy atom.